The Morgan fingerprint density at radius 1 is 1.28 bits per heavy atom. The quantitative estimate of drug-likeness (QED) is 0.715. The van der Waals surface area contributed by atoms with Gasteiger partial charge >= 0.3 is 5.97 Å². The monoisotopic (exact) mass is 363 g/mol. The van der Waals surface area contributed by atoms with E-state index in [0.29, 0.717) is 17.2 Å². The van der Waals surface area contributed by atoms with E-state index >= 15 is 0 Å². The maximum atomic E-state index is 12.3. The van der Waals surface area contributed by atoms with Gasteiger partial charge in [-0.3, -0.25) is 4.98 Å². The molecule has 2 aromatic rings. The van der Waals surface area contributed by atoms with Crippen LogP contribution in [0.5, 0.6) is 0 Å². The van der Waals surface area contributed by atoms with Gasteiger partial charge in [-0.1, -0.05) is 25.4 Å². The molecule has 0 aliphatic carbocycles. The third-order valence-electron chi connectivity index (χ3n) is 4.35. The smallest absolute Gasteiger partial charge is 0.341 e. The number of aryl methyl sites for hydroxylation is 1. The molecular formula is C19H26ClN3O2. The van der Waals surface area contributed by atoms with Crippen molar-refractivity contribution < 1.29 is 9.53 Å². The van der Waals surface area contributed by atoms with Crippen LogP contribution in [0.2, 0.25) is 5.02 Å². The summed E-state index contributed by atoms with van der Waals surface area (Å²) in [5.74, 6) is -0.366. The second-order valence-corrected chi connectivity index (χ2v) is 6.20. The van der Waals surface area contributed by atoms with Crippen molar-refractivity contribution in [2.75, 3.05) is 38.1 Å². The van der Waals surface area contributed by atoms with Crippen molar-refractivity contribution in [1.29, 1.82) is 0 Å². The fourth-order valence-corrected chi connectivity index (χ4v) is 2.97. The lowest BCUT2D eigenvalue weighted by Crippen LogP contribution is -2.29. The Labute approximate surface area is 154 Å². The fraction of sp³-hybridized carbons (Fsp3) is 0.474. The molecule has 6 heteroatoms. The standard InChI is InChI=1S/C19H26ClN3O2/c1-5-23(6-2)11-10-21-18-14-8-9-16(20)13(4)17(14)22-12-15(18)19(24)25-7-3/h8-9,12H,5-7,10-11H2,1-4H3,(H,21,22). The van der Waals surface area contributed by atoms with Crippen LogP contribution >= 0.6 is 11.6 Å². The lowest BCUT2D eigenvalue weighted by atomic mass is 10.1. The van der Waals surface area contributed by atoms with Crippen LogP contribution in [0.4, 0.5) is 5.69 Å². The van der Waals surface area contributed by atoms with E-state index in [1.54, 1.807) is 13.1 Å². The van der Waals surface area contributed by atoms with Gasteiger partial charge in [0.2, 0.25) is 0 Å². The van der Waals surface area contributed by atoms with Crippen LogP contribution in [0.25, 0.3) is 10.9 Å². The predicted molar refractivity (Wildman–Crippen MR) is 104 cm³/mol. The average Bonchev–Trinajstić information content (AvgIpc) is 2.62. The highest BCUT2D eigenvalue weighted by molar-refractivity contribution is 6.32. The minimum atomic E-state index is -0.366. The van der Waals surface area contributed by atoms with Crippen LogP contribution in [0.1, 0.15) is 36.7 Å². The number of nitrogens with one attached hydrogen (secondary N) is 1. The first-order valence-electron chi connectivity index (χ1n) is 8.74. The van der Waals surface area contributed by atoms with Gasteiger partial charge in [-0.05, 0) is 44.6 Å². The number of benzene rings is 1. The van der Waals surface area contributed by atoms with Gasteiger partial charge in [-0.25, -0.2) is 4.79 Å². The largest absolute Gasteiger partial charge is 0.462 e. The van der Waals surface area contributed by atoms with Crippen LogP contribution in [-0.4, -0.2) is 48.6 Å². The van der Waals surface area contributed by atoms with Gasteiger partial charge < -0.3 is 15.0 Å². The van der Waals surface area contributed by atoms with Crippen LogP contribution in [0.15, 0.2) is 18.3 Å². The van der Waals surface area contributed by atoms with Crippen LogP contribution in [0, 0.1) is 6.92 Å². The second kappa shape index (κ2) is 9.02. The van der Waals surface area contributed by atoms with E-state index in [9.17, 15) is 4.79 Å². The van der Waals surface area contributed by atoms with Crippen LogP contribution in [0.3, 0.4) is 0 Å². The molecule has 0 saturated carbocycles. The zero-order valence-corrected chi connectivity index (χ0v) is 16.1. The second-order valence-electron chi connectivity index (χ2n) is 5.79. The highest BCUT2D eigenvalue weighted by Crippen LogP contribution is 2.31. The number of carbonyl (C=O) groups excluding carboxylic acids is 1. The number of aromatic nitrogens is 1. The number of pyridine rings is 1. The minimum absolute atomic E-state index is 0.329. The summed E-state index contributed by atoms with van der Waals surface area (Å²) < 4.78 is 5.19. The zero-order valence-electron chi connectivity index (χ0n) is 15.4. The molecule has 1 aromatic heterocycles. The summed E-state index contributed by atoms with van der Waals surface area (Å²) in [5.41, 5.74) is 2.92. The molecule has 1 heterocycles. The number of likely N-dealkylation sites (N-methyl/N-ethyl adjacent to an activating group) is 1. The van der Waals surface area contributed by atoms with Crippen molar-refractivity contribution in [3.63, 3.8) is 0 Å². The van der Waals surface area contributed by atoms with Gasteiger partial charge in [0, 0.05) is 29.7 Å². The molecule has 0 aliphatic rings. The topological polar surface area (TPSA) is 54.5 Å². The minimum Gasteiger partial charge on any atom is -0.462 e. The van der Waals surface area contributed by atoms with E-state index in [0.717, 1.165) is 48.3 Å². The summed E-state index contributed by atoms with van der Waals surface area (Å²) >= 11 is 6.22. The molecule has 2 rings (SSSR count). The molecule has 1 N–H and O–H groups in total. The number of anilines is 1. The van der Waals surface area contributed by atoms with Gasteiger partial charge in [-0.15, -0.1) is 0 Å². The molecule has 0 bridgehead atoms. The predicted octanol–water partition coefficient (Wildman–Crippen LogP) is 4.13. The first-order chi connectivity index (χ1) is 12.0. The van der Waals surface area contributed by atoms with Crippen molar-refractivity contribution in [3.8, 4) is 0 Å². The molecule has 0 radical (unpaired) electrons. The number of halogens is 1. The van der Waals surface area contributed by atoms with Crippen molar-refractivity contribution in [2.45, 2.75) is 27.7 Å². The van der Waals surface area contributed by atoms with Gasteiger partial charge in [0.1, 0.15) is 5.56 Å². The highest BCUT2D eigenvalue weighted by atomic mass is 35.5. The lowest BCUT2D eigenvalue weighted by molar-refractivity contribution is 0.0527. The number of carbonyl (C=O) groups is 1. The normalized spacial score (nSPS) is 11.1. The molecular weight excluding hydrogens is 338 g/mol. The Balaban J connectivity index is 2.42. The van der Waals surface area contributed by atoms with Gasteiger partial charge in [0.25, 0.3) is 0 Å². The summed E-state index contributed by atoms with van der Waals surface area (Å²) in [6.07, 6.45) is 1.57. The summed E-state index contributed by atoms with van der Waals surface area (Å²) in [7, 11) is 0. The molecule has 0 aliphatic heterocycles. The molecule has 0 unspecified atom stereocenters. The molecule has 0 atom stereocenters. The van der Waals surface area contributed by atoms with E-state index in [1.165, 1.54) is 0 Å². The number of hydrogen-bond donors (Lipinski definition) is 1. The van der Waals surface area contributed by atoms with E-state index in [-0.39, 0.29) is 5.97 Å². The molecule has 25 heavy (non-hydrogen) atoms. The van der Waals surface area contributed by atoms with E-state index in [4.69, 9.17) is 16.3 Å². The number of fused-ring (bicyclic) bond motifs is 1. The Morgan fingerprint density at radius 2 is 2.00 bits per heavy atom. The molecule has 0 amide bonds. The molecule has 0 spiro atoms. The first-order valence-corrected chi connectivity index (χ1v) is 9.12. The first kappa shape index (κ1) is 19.5. The van der Waals surface area contributed by atoms with E-state index in [2.05, 4.69) is 29.0 Å². The lowest BCUT2D eigenvalue weighted by Gasteiger charge is -2.20. The van der Waals surface area contributed by atoms with Gasteiger partial charge in [-0.2, -0.15) is 0 Å². The third kappa shape index (κ3) is 4.41. The molecule has 0 fully saturated rings. The average molecular weight is 364 g/mol. The van der Waals surface area contributed by atoms with Gasteiger partial charge in [0.05, 0.1) is 17.8 Å². The van der Waals surface area contributed by atoms with Crippen molar-refractivity contribution in [1.82, 2.24) is 9.88 Å². The molecule has 0 saturated heterocycles. The van der Waals surface area contributed by atoms with Gasteiger partial charge in [0.15, 0.2) is 0 Å². The maximum absolute atomic E-state index is 12.3. The van der Waals surface area contributed by atoms with Crippen molar-refractivity contribution >= 4 is 34.2 Å². The fourth-order valence-electron chi connectivity index (χ4n) is 2.82. The number of ether oxygens (including phenoxy) is 1. The zero-order chi connectivity index (χ0) is 18.4. The summed E-state index contributed by atoms with van der Waals surface area (Å²) in [6, 6.07) is 3.74. The van der Waals surface area contributed by atoms with Crippen molar-refractivity contribution in [3.05, 3.63) is 34.5 Å². The number of esters is 1. The number of hydrogen-bond acceptors (Lipinski definition) is 5. The Hall–Kier alpha value is -1.85. The Kier molecular flexibility index (Phi) is 7.02. The Bertz CT molecular complexity index is 745. The SMILES string of the molecule is CCOC(=O)c1cnc2c(C)c(Cl)ccc2c1NCCN(CC)CC. The van der Waals surface area contributed by atoms with Crippen molar-refractivity contribution in [2.24, 2.45) is 0 Å². The van der Waals surface area contributed by atoms with E-state index in [1.807, 2.05) is 19.1 Å². The van der Waals surface area contributed by atoms with Crippen LogP contribution in [-0.2, 0) is 4.74 Å². The highest BCUT2D eigenvalue weighted by Gasteiger charge is 2.18. The Morgan fingerprint density at radius 3 is 2.64 bits per heavy atom. The van der Waals surface area contributed by atoms with Crippen LogP contribution < -0.4 is 5.32 Å². The molecule has 5 nitrogen and oxygen atoms in total. The number of nitrogens with zero attached hydrogens (tertiary/aromatic N) is 2. The summed E-state index contributed by atoms with van der Waals surface area (Å²) in [5, 5.41) is 4.96. The maximum Gasteiger partial charge on any atom is 0.341 e. The number of rotatable bonds is 8. The molecule has 136 valence electrons. The summed E-state index contributed by atoms with van der Waals surface area (Å²) in [6.45, 7) is 12.0. The summed E-state index contributed by atoms with van der Waals surface area (Å²) in [4.78, 5) is 19.1. The van der Waals surface area contributed by atoms with E-state index < -0.39 is 0 Å². The third-order valence-corrected chi connectivity index (χ3v) is 4.76. The molecule has 1 aromatic carbocycles.